The lowest BCUT2D eigenvalue weighted by Gasteiger charge is -2.12. The molecule has 0 aliphatic heterocycles. The molecule has 1 rings (SSSR count). The number of alkyl halides is 3. The zero-order chi connectivity index (χ0) is 12.3. The Hall–Kier alpha value is -1.33. The minimum absolute atomic E-state index is 0.181. The maximum Gasteiger partial charge on any atom is 0.396 e. The van der Waals surface area contributed by atoms with Crippen molar-refractivity contribution in [2.75, 3.05) is 12.4 Å². The van der Waals surface area contributed by atoms with Crippen LogP contribution in [-0.2, 0) is 12.8 Å². The van der Waals surface area contributed by atoms with E-state index >= 15 is 0 Å². The zero-order valence-electron chi connectivity index (χ0n) is 9.44. The maximum absolute atomic E-state index is 12.2. The summed E-state index contributed by atoms with van der Waals surface area (Å²) >= 11 is 0. The second kappa shape index (κ2) is 4.67. The van der Waals surface area contributed by atoms with Crippen molar-refractivity contribution in [1.29, 1.82) is 0 Å². The fourth-order valence-corrected chi connectivity index (χ4v) is 1.46. The molecule has 1 aromatic heterocycles. The van der Waals surface area contributed by atoms with Crippen molar-refractivity contribution in [2.45, 2.75) is 32.9 Å². The molecule has 0 aromatic carbocycles. The third kappa shape index (κ3) is 3.08. The van der Waals surface area contributed by atoms with E-state index in [9.17, 15) is 13.2 Å². The van der Waals surface area contributed by atoms with Crippen LogP contribution in [-0.4, -0.2) is 23.2 Å². The summed E-state index contributed by atoms with van der Waals surface area (Å²) in [4.78, 5) is 7.76. The third-order valence-electron chi connectivity index (χ3n) is 2.22. The molecule has 1 heterocycles. The average molecular weight is 233 g/mol. The van der Waals surface area contributed by atoms with Crippen LogP contribution in [0.25, 0.3) is 0 Å². The van der Waals surface area contributed by atoms with Crippen LogP contribution >= 0.6 is 0 Å². The molecule has 0 aliphatic rings. The lowest BCUT2D eigenvalue weighted by atomic mass is 10.2. The summed E-state index contributed by atoms with van der Waals surface area (Å²) in [6.45, 7) is 3.65. The molecule has 0 spiro atoms. The highest BCUT2D eigenvalue weighted by molar-refractivity contribution is 5.45. The third-order valence-corrected chi connectivity index (χ3v) is 2.22. The number of hydrogen-bond donors (Lipinski definition) is 1. The Bertz CT molecular complexity index is 349. The van der Waals surface area contributed by atoms with Gasteiger partial charge in [-0.3, -0.25) is 0 Å². The molecule has 0 saturated carbocycles. The standard InChI is InChI=1S/C10H14F3N3/c1-4-7-6(2)9(14-3)16-8(15-7)5-10(11,12)13/h4-5H2,1-3H3,(H,14,15,16). The zero-order valence-corrected chi connectivity index (χ0v) is 9.44. The van der Waals surface area contributed by atoms with Crippen LogP contribution in [0.2, 0.25) is 0 Å². The highest BCUT2D eigenvalue weighted by Gasteiger charge is 2.30. The van der Waals surface area contributed by atoms with Crippen LogP contribution in [0.15, 0.2) is 0 Å². The van der Waals surface area contributed by atoms with E-state index in [0.29, 0.717) is 17.9 Å². The van der Waals surface area contributed by atoms with E-state index in [2.05, 4.69) is 15.3 Å². The Morgan fingerprint density at radius 1 is 1.25 bits per heavy atom. The molecule has 0 atom stereocenters. The minimum atomic E-state index is -4.27. The fourth-order valence-electron chi connectivity index (χ4n) is 1.46. The monoisotopic (exact) mass is 233 g/mol. The van der Waals surface area contributed by atoms with E-state index in [0.717, 1.165) is 5.56 Å². The Labute approximate surface area is 92.1 Å². The lowest BCUT2D eigenvalue weighted by molar-refractivity contribution is -0.128. The molecule has 0 unspecified atom stereocenters. The molecule has 0 radical (unpaired) electrons. The number of nitrogens with zero attached hydrogens (tertiary/aromatic N) is 2. The van der Waals surface area contributed by atoms with Gasteiger partial charge in [-0.25, -0.2) is 9.97 Å². The molecule has 6 heteroatoms. The molecule has 0 amide bonds. The second-order valence-corrected chi connectivity index (χ2v) is 3.46. The summed E-state index contributed by atoms with van der Waals surface area (Å²) in [5, 5.41) is 2.78. The SMILES string of the molecule is CCc1nc(CC(F)(F)F)nc(NC)c1C. The van der Waals surface area contributed by atoms with Crippen LogP contribution in [0.1, 0.15) is 24.0 Å². The van der Waals surface area contributed by atoms with E-state index in [1.807, 2.05) is 6.92 Å². The van der Waals surface area contributed by atoms with Crippen LogP contribution < -0.4 is 5.32 Å². The Balaban J connectivity index is 3.12. The van der Waals surface area contributed by atoms with Crippen LogP contribution in [0.5, 0.6) is 0 Å². The van der Waals surface area contributed by atoms with Crippen molar-refractivity contribution in [3.8, 4) is 0 Å². The van der Waals surface area contributed by atoms with Gasteiger partial charge in [-0.2, -0.15) is 13.2 Å². The first-order valence-electron chi connectivity index (χ1n) is 4.98. The normalized spacial score (nSPS) is 11.6. The van der Waals surface area contributed by atoms with Crippen molar-refractivity contribution >= 4 is 5.82 Å². The van der Waals surface area contributed by atoms with E-state index in [1.165, 1.54) is 0 Å². The van der Waals surface area contributed by atoms with Gasteiger partial charge in [0.05, 0.1) is 0 Å². The highest BCUT2D eigenvalue weighted by Crippen LogP contribution is 2.22. The summed E-state index contributed by atoms with van der Waals surface area (Å²) < 4.78 is 36.6. The molecule has 0 saturated heterocycles. The van der Waals surface area contributed by atoms with Gasteiger partial charge in [0.1, 0.15) is 18.1 Å². The van der Waals surface area contributed by atoms with Crippen LogP contribution in [0.4, 0.5) is 19.0 Å². The van der Waals surface area contributed by atoms with Gasteiger partial charge >= 0.3 is 6.18 Å². The predicted molar refractivity (Wildman–Crippen MR) is 55.5 cm³/mol. The summed E-state index contributed by atoms with van der Waals surface area (Å²) in [5.41, 5.74) is 1.45. The first kappa shape index (κ1) is 12.7. The first-order chi connectivity index (χ1) is 7.37. The van der Waals surface area contributed by atoms with Gasteiger partial charge in [-0.05, 0) is 13.3 Å². The van der Waals surface area contributed by atoms with Crippen molar-refractivity contribution in [2.24, 2.45) is 0 Å². The molecule has 0 bridgehead atoms. The summed E-state index contributed by atoms with van der Waals surface area (Å²) in [6, 6.07) is 0. The summed E-state index contributed by atoms with van der Waals surface area (Å²) in [6.07, 6.45) is -4.77. The van der Waals surface area contributed by atoms with Gasteiger partial charge in [0.15, 0.2) is 0 Å². The number of anilines is 1. The number of hydrogen-bond acceptors (Lipinski definition) is 3. The van der Waals surface area contributed by atoms with Gasteiger partial charge < -0.3 is 5.32 Å². The smallest absolute Gasteiger partial charge is 0.373 e. The summed E-state index contributed by atoms with van der Waals surface area (Å²) in [7, 11) is 1.63. The fraction of sp³-hybridized carbons (Fsp3) is 0.600. The molecule has 1 aromatic rings. The minimum Gasteiger partial charge on any atom is -0.373 e. The van der Waals surface area contributed by atoms with Crippen molar-refractivity contribution in [1.82, 2.24) is 9.97 Å². The molecule has 0 fully saturated rings. The quantitative estimate of drug-likeness (QED) is 0.871. The second-order valence-electron chi connectivity index (χ2n) is 3.46. The van der Waals surface area contributed by atoms with Gasteiger partial charge in [-0.1, -0.05) is 6.92 Å². The van der Waals surface area contributed by atoms with Gasteiger partial charge in [0.25, 0.3) is 0 Å². The molecule has 90 valence electrons. The van der Waals surface area contributed by atoms with Gasteiger partial charge in [0, 0.05) is 18.3 Å². The first-order valence-corrected chi connectivity index (χ1v) is 4.98. The van der Waals surface area contributed by atoms with E-state index < -0.39 is 12.6 Å². The molecule has 16 heavy (non-hydrogen) atoms. The van der Waals surface area contributed by atoms with E-state index in [1.54, 1.807) is 14.0 Å². The number of halogens is 3. The van der Waals surface area contributed by atoms with Crippen LogP contribution in [0, 0.1) is 6.92 Å². The largest absolute Gasteiger partial charge is 0.396 e. The molecular weight excluding hydrogens is 219 g/mol. The van der Waals surface area contributed by atoms with E-state index in [4.69, 9.17) is 0 Å². The Morgan fingerprint density at radius 3 is 2.31 bits per heavy atom. The Morgan fingerprint density at radius 2 is 1.88 bits per heavy atom. The molecular formula is C10H14F3N3. The highest BCUT2D eigenvalue weighted by atomic mass is 19.4. The van der Waals surface area contributed by atoms with Crippen molar-refractivity contribution < 1.29 is 13.2 Å². The number of aryl methyl sites for hydroxylation is 1. The van der Waals surface area contributed by atoms with Crippen molar-refractivity contribution in [3.63, 3.8) is 0 Å². The average Bonchev–Trinajstić information content (AvgIpc) is 2.18. The maximum atomic E-state index is 12.2. The van der Waals surface area contributed by atoms with Gasteiger partial charge in [-0.15, -0.1) is 0 Å². The number of rotatable bonds is 3. The summed E-state index contributed by atoms with van der Waals surface area (Å²) in [5.74, 6) is 0.283. The number of nitrogens with one attached hydrogen (secondary N) is 1. The van der Waals surface area contributed by atoms with E-state index in [-0.39, 0.29) is 5.82 Å². The van der Waals surface area contributed by atoms with Gasteiger partial charge in [0.2, 0.25) is 0 Å². The molecule has 1 N–H and O–H groups in total. The predicted octanol–water partition coefficient (Wildman–Crippen LogP) is 2.49. The lowest BCUT2D eigenvalue weighted by Crippen LogP contribution is -2.16. The Kier molecular flexibility index (Phi) is 3.72. The molecule has 3 nitrogen and oxygen atoms in total. The molecule has 0 aliphatic carbocycles. The number of aromatic nitrogens is 2. The van der Waals surface area contributed by atoms with Crippen molar-refractivity contribution in [3.05, 3.63) is 17.1 Å². The van der Waals surface area contributed by atoms with Crippen LogP contribution in [0.3, 0.4) is 0 Å². The topological polar surface area (TPSA) is 37.8 Å².